The lowest BCUT2D eigenvalue weighted by molar-refractivity contribution is -0.121. The summed E-state index contributed by atoms with van der Waals surface area (Å²) in [6, 6.07) is 22.3. The van der Waals surface area contributed by atoms with Crippen molar-refractivity contribution in [3.63, 3.8) is 0 Å². The van der Waals surface area contributed by atoms with Crippen LogP contribution < -0.4 is 5.32 Å². The van der Waals surface area contributed by atoms with Gasteiger partial charge in [-0.15, -0.1) is 0 Å². The van der Waals surface area contributed by atoms with Gasteiger partial charge in [0, 0.05) is 31.3 Å². The number of hydrogen-bond acceptors (Lipinski definition) is 2. The molecule has 1 aromatic heterocycles. The van der Waals surface area contributed by atoms with Crippen LogP contribution in [-0.4, -0.2) is 10.9 Å². The normalized spacial score (nSPS) is 11.7. The van der Waals surface area contributed by atoms with Crippen molar-refractivity contribution in [2.24, 2.45) is 0 Å². The third kappa shape index (κ3) is 4.54. The van der Waals surface area contributed by atoms with Gasteiger partial charge in [0.15, 0.2) is 0 Å². The van der Waals surface area contributed by atoms with Gasteiger partial charge in [0.05, 0.1) is 0 Å². The van der Waals surface area contributed by atoms with Crippen LogP contribution >= 0.6 is 0 Å². The summed E-state index contributed by atoms with van der Waals surface area (Å²) in [5, 5.41) is 3.02. The van der Waals surface area contributed by atoms with Gasteiger partial charge in [-0.1, -0.05) is 54.6 Å². The first-order valence-electron chi connectivity index (χ1n) is 8.50. The molecule has 0 saturated carbocycles. The molecule has 0 bridgehead atoms. The van der Waals surface area contributed by atoms with E-state index in [-0.39, 0.29) is 11.8 Å². The van der Waals surface area contributed by atoms with Crippen LogP contribution in [0.4, 0.5) is 0 Å². The smallest absolute Gasteiger partial charge is 0.221 e. The van der Waals surface area contributed by atoms with E-state index in [0.717, 1.165) is 11.1 Å². The molecule has 0 spiro atoms. The lowest BCUT2D eigenvalue weighted by atomic mass is 9.86. The van der Waals surface area contributed by atoms with E-state index in [1.807, 2.05) is 42.5 Å². The Bertz CT molecular complexity index is 816. The fourth-order valence-corrected chi connectivity index (χ4v) is 3.03. The second kappa shape index (κ2) is 8.25. The van der Waals surface area contributed by atoms with Gasteiger partial charge in [-0.2, -0.15) is 0 Å². The van der Waals surface area contributed by atoms with E-state index in [0.29, 0.717) is 13.0 Å². The molecule has 25 heavy (non-hydrogen) atoms. The Kier molecular flexibility index (Phi) is 5.57. The molecule has 0 aliphatic carbocycles. The minimum absolute atomic E-state index is 0.0499. The summed E-state index contributed by atoms with van der Waals surface area (Å²) in [6.45, 7) is 2.62. The average Bonchev–Trinajstić information content (AvgIpc) is 2.67. The quantitative estimate of drug-likeness (QED) is 0.735. The van der Waals surface area contributed by atoms with Gasteiger partial charge in [0.1, 0.15) is 0 Å². The molecule has 0 saturated heterocycles. The number of carbonyl (C=O) groups excluding carboxylic acids is 1. The first-order chi connectivity index (χ1) is 12.2. The highest BCUT2D eigenvalue weighted by atomic mass is 16.1. The molecule has 3 rings (SSSR count). The van der Waals surface area contributed by atoms with Crippen molar-refractivity contribution >= 4 is 5.91 Å². The highest BCUT2D eigenvalue weighted by Crippen LogP contribution is 2.30. The number of nitrogens with one attached hydrogen (secondary N) is 1. The van der Waals surface area contributed by atoms with Crippen molar-refractivity contribution in [1.82, 2.24) is 10.3 Å². The molecular weight excluding hydrogens is 308 g/mol. The number of aromatic nitrogens is 1. The summed E-state index contributed by atoms with van der Waals surface area (Å²) >= 11 is 0. The maximum atomic E-state index is 12.6. The molecule has 1 unspecified atom stereocenters. The van der Waals surface area contributed by atoms with Crippen LogP contribution in [0.1, 0.15) is 34.6 Å². The van der Waals surface area contributed by atoms with Crippen LogP contribution in [0.25, 0.3) is 0 Å². The fraction of sp³-hybridized carbons (Fsp3) is 0.182. The summed E-state index contributed by atoms with van der Waals surface area (Å²) in [4.78, 5) is 16.6. The van der Waals surface area contributed by atoms with Crippen molar-refractivity contribution in [1.29, 1.82) is 0 Å². The van der Waals surface area contributed by atoms with Crippen molar-refractivity contribution in [3.8, 4) is 0 Å². The maximum absolute atomic E-state index is 12.6. The van der Waals surface area contributed by atoms with Gasteiger partial charge in [-0.25, -0.2) is 0 Å². The largest absolute Gasteiger partial charge is 0.352 e. The summed E-state index contributed by atoms with van der Waals surface area (Å²) in [6.07, 6.45) is 3.91. The van der Waals surface area contributed by atoms with Crippen LogP contribution in [-0.2, 0) is 11.3 Å². The molecule has 2 aromatic carbocycles. The van der Waals surface area contributed by atoms with E-state index in [2.05, 4.69) is 41.5 Å². The topological polar surface area (TPSA) is 42.0 Å². The van der Waals surface area contributed by atoms with Crippen LogP contribution in [0.2, 0.25) is 0 Å². The zero-order valence-corrected chi connectivity index (χ0v) is 14.4. The predicted octanol–water partition coefficient (Wildman–Crippen LogP) is 4.23. The van der Waals surface area contributed by atoms with Crippen LogP contribution in [0.15, 0.2) is 79.1 Å². The molecule has 1 heterocycles. The first kappa shape index (κ1) is 16.9. The van der Waals surface area contributed by atoms with Crippen LogP contribution in [0.3, 0.4) is 0 Å². The zero-order chi connectivity index (χ0) is 17.5. The molecule has 0 fully saturated rings. The Balaban J connectivity index is 1.76. The molecule has 3 aromatic rings. The second-order valence-electron chi connectivity index (χ2n) is 6.16. The van der Waals surface area contributed by atoms with E-state index in [4.69, 9.17) is 0 Å². The third-order valence-electron chi connectivity index (χ3n) is 4.39. The highest BCUT2D eigenvalue weighted by molar-refractivity contribution is 5.77. The Morgan fingerprint density at radius 3 is 2.36 bits per heavy atom. The molecule has 1 N–H and O–H groups in total. The molecule has 1 atom stereocenters. The number of nitrogens with zero attached hydrogens (tertiary/aromatic N) is 1. The van der Waals surface area contributed by atoms with Gasteiger partial charge >= 0.3 is 0 Å². The molecule has 126 valence electrons. The molecule has 3 nitrogen and oxygen atoms in total. The zero-order valence-electron chi connectivity index (χ0n) is 14.4. The van der Waals surface area contributed by atoms with Gasteiger partial charge < -0.3 is 5.32 Å². The standard InChI is InChI=1S/C22H22N2O/c1-17-7-5-6-10-20(17)21(19-8-3-2-4-9-19)15-22(25)24-16-18-11-13-23-14-12-18/h2-14,21H,15-16H2,1H3,(H,24,25). The van der Waals surface area contributed by atoms with Gasteiger partial charge in [-0.05, 0) is 41.3 Å². The summed E-state index contributed by atoms with van der Waals surface area (Å²) in [5.74, 6) is 0.105. The minimum Gasteiger partial charge on any atom is -0.352 e. The Labute approximate surface area is 148 Å². The van der Waals surface area contributed by atoms with Gasteiger partial charge in [0.25, 0.3) is 0 Å². The first-order valence-corrected chi connectivity index (χ1v) is 8.50. The SMILES string of the molecule is Cc1ccccc1C(CC(=O)NCc1ccncc1)c1ccccc1. The monoisotopic (exact) mass is 330 g/mol. The Morgan fingerprint density at radius 2 is 1.64 bits per heavy atom. The third-order valence-corrected chi connectivity index (χ3v) is 4.39. The number of pyridine rings is 1. The molecular formula is C22H22N2O. The van der Waals surface area contributed by atoms with E-state index >= 15 is 0 Å². The number of rotatable bonds is 6. The van der Waals surface area contributed by atoms with E-state index in [9.17, 15) is 4.79 Å². The van der Waals surface area contributed by atoms with Crippen LogP contribution in [0, 0.1) is 6.92 Å². The summed E-state index contributed by atoms with van der Waals surface area (Å²) < 4.78 is 0. The van der Waals surface area contributed by atoms with E-state index in [1.54, 1.807) is 12.4 Å². The number of carbonyl (C=O) groups is 1. The van der Waals surface area contributed by atoms with Crippen molar-refractivity contribution < 1.29 is 4.79 Å². The van der Waals surface area contributed by atoms with Crippen LogP contribution in [0.5, 0.6) is 0 Å². The number of benzene rings is 2. The van der Waals surface area contributed by atoms with Gasteiger partial charge in [-0.3, -0.25) is 9.78 Å². The number of hydrogen-bond donors (Lipinski definition) is 1. The fourth-order valence-electron chi connectivity index (χ4n) is 3.03. The molecule has 0 aliphatic rings. The summed E-state index contributed by atoms with van der Waals surface area (Å²) in [7, 11) is 0. The van der Waals surface area contributed by atoms with E-state index in [1.165, 1.54) is 11.1 Å². The lowest BCUT2D eigenvalue weighted by Crippen LogP contribution is -2.25. The van der Waals surface area contributed by atoms with Crippen molar-refractivity contribution in [2.45, 2.75) is 25.8 Å². The van der Waals surface area contributed by atoms with Crippen molar-refractivity contribution in [3.05, 3.63) is 101 Å². The molecule has 0 aliphatic heterocycles. The van der Waals surface area contributed by atoms with E-state index < -0.39 is 0 Å². The Hall–Kier alpha value is -2.94. The average molecular weight is 330 g/mol. The Morgan fingerprint density at radius 1 is 0.960 bits per heavy atom. The highest BCUT2D eigenvalue weighted by Gasteiger charge is 2.19. The van der Waals surface area contributed by atoms with Gasteiger partial charge in [0.2, 0.25) is 5.91 Å². The predicted molar refractivity (Wildman–Crippen MR) is 100 cm³/mol. The molecule has 3 heteroatoms. The minimum atomic E-state index is 0.0499. The maximum Gasteiger partial charge on any atom is 0.221 e. The molecule has 0 radical (unpaired) electrons. The number of aryl methyl sites for hydroxylation is 1. The van der Waals surface area contributed by atoms with Crippen molar-refractivity contribution in [2.75, 3.05) is 0 Å². The second-order valence-corrected chi connectivity index (χ2v) is 6.16. The lowest BCUT2D eigenvalue weighted by Gasteiger charge is -2.20. The number of amides is 1. The molecule has 1 amide bonds. The summed E-state index contributed by atoms with van der Waals surface area (Å²) in [5.41, 5.74) is 4.62.